The van der Waals surface area contributed by atoms with Crippen LogP contribution in [0.15, 0.2) is 22.7 Å². The van der Waals surface area contributed by atoms with E-state index in [2.05, 4.69) is 26.0 Å². The van der Waals surface area contributed by atoms with E-state index in [1.165, 1.54) is 18.2 Å². The number of carbonyl (C=O) groups is 1. The highest BCUT2D eigenvalue weighted by Crippen LogP contribution is 2.36. The highest BCUT2D eigenvalue weighted by atomic mass is 79.9. The first kappa shape index (κ1) is 15.0. The molecule has 100 valence electrons. The first-order chi connectivity index (χ1) is 7.90. The number of ether oxygens (including phenoxy) is 1. The van der Waals surface area contributed by atoms with Gasteiger partial charge >= 0.3 is 12.0 Å². The van der Waals surface area contributed by atoms with E-state index in [0.717, 1.165) is 0 Å². The van der Waals surface area contributed by atoms with Gasteiger partial charge in [0.05, 0.1) is 4.47 Å². The molecule has 4 nitrogen and oxygen atoms in total. The Morgan fingerprint density at radius 3 is 2.78 bits per heavy atom. The van der Waals surface area contributed by atoms with Gasteiger partial charge in [-0.25, -0.2) is 13.6 Å². The summed E-state index contributed by atoms with van der Waals surface area (Å²) in [5.74, 6) is -3.25. The number of phenolic OH excluding ortho intramolecular Hbond substituents is 1. The van der Waals surface area contributed by atoms with Gasteiger partial charge < -0.3 is 15.2 Å². The zero-order chi connectivity index (χ0) is 12.6. The van der Waals surface area contributed by atoms with Crippen LogP contribution in [-0.4, -0.2) is 23.7 Å². The maximum atomic E-state index is 13.5. The van der Waals surface area contributed by atoms with Crippen molar-refractivity contribution >= 4 is 34.4 Å². The number of alkyl halides is 2. The number of rotatable bonds is 1. The lowest BCUT2D eigenvalue weighted by Gasteiger charge is -2.31. The van der Waals surface area contributed by atoms with Crippen LogP contribution in [0, 0.1) is 0 Å². The van der Waals surface area contributed by atoms with Crippen molar-refractivity contribution in [2.24, 2.45) is 0 Å². The third-order valence-electron chi connectivity index (χ3n) is 2.39. The van der Waals surface area contributed by atoms with E-state index in [1.54, 1.807) is 0 Å². The zero-order valence-electron chi connectivity index (χ0n) is 8.82. The molecule has 0 bridgehead atoms. The summed E-state index contributed by atoms with van der Waals surface area (Å²) in [6.07, 6.45) is -0.884. The molecule has 1 fully saturated rings. The van der Waals surface area contributed by atoms with Gasteiger partial charge in [0.2, 0.25) is 0 Å². The molecule has 1 aliphatic heterocycles. The van der Waals surface area contributed by atoms with Crippen molar-refractivity contribution in [3.05, 3.63) is 28.2 Å². The number of hydrogen-bond acceptors (Lipinski definition) is 3. The quantitative estimate of drug-likeness (QED) is 0.823. The Balaban J connectivity index is 0.00000162. The molecule has 1 aliphatic rings. The van der Waals surface area contributed by atoms with Crippen LogP contribution >= 0.6 is 28.3 Å². The van der Waals surface area contributed by atoms with Crippen molar-refractivity contribution in [2.75, 3.05) is 6.61 Å². The second-order valence-corrected chi connectivity index (χ2v) is 4.48. The Bertz CT molecular complexity index is 472. The number of halogens is 4. The van der Waals surface area contributed by atoms with E-state index in [9.17, 15) is 18.7 Å². The SMILES string of the molecule is Cl.O=C1N[C@@H](c2ccc(O)c(Br)c2)C(F)(F)CO1. The molecule has 18 heavy (non-hydrogen) atoms. The minimum atomic E-state index is -3.19. The number of alkyl carbamates (subject to hydrolysis) is 1. The van der Waals surface area contributed by atoms with Crippen molar-refractivity contribution in [1.82, 2.24) is 5.32 Å². The van der Waals surface area contributed by atoms with E-state index in [0.29, 0.717) is 0 Å². The van der Waals surface area contributed by atoms with Crippen LogP contribution in [0.25, 0.3) is 0 Å². The number of hydrogen-bond donors (Lipinski definition) is 2. The van der Waals surface area contributed by atoms with Crippen LogP contribution in [0.3, 0.4) is 0 Å². The average Bonchev–Trinajstić information content (AvgIpc) is 2.26. The third kappa shape index (κ3) is 2.84. The first-order valence-electron chi connectivity index (χ1n) is 4.70. The number of phenols is 1. The van der Waals surface area contributed by atoms with Gasteiger partial charge in [-0.05, 0) is 33.6 Å². The maximum Gasteiger partial charge on any atom is 0.408 e. The van der Waals surface area contributed by atoms with Crippen LogP contribution in [0.5, 0.6) is 5.75 Å². The minimum Gasteiger partial charge on any atom is -0.507 e. The molecule has 1 heterocycles. The van der Waals surface area contributed by atoms with Gasteiger partial charge in [0.15, 0.2) is 6.61 Å². The normalized spacial score (nSPS) is 21.5. The number of carbonyl (C=O) groups excluding carboxylic acids is 1. The Morgan fingerprint density at radius 1 is 1.50 bits per heavy atom. The van der Waals surface area contributed by atoms with Gasteiger partial charge in [-0.1, -0.05) is 6.07 Å². The molecule has 1 amide bonds. The van der Waals surface area contributed by atoms with Gasteiger partial charge in [-0.15, -0.1) is 12.4 Å². The van der Waals surface area contributed by atoms with Crippen molar-refractivity contribution in [3.8, 4) is 5.75 Å². The number of benzene rings is 1. The highest BCUT2D eigenvalue weighted by Gasteiger charge is 2.46. The fourth-order valence-electron chi connectivity index (χ4n) is 1.54. The van der Waals surface area contributed by atoms with Gasteiger partial charge in [0.1, 0.15) is 11.8 Å². The van der Waals surface area contributed by atoms with Gasteiger partial charge in [0, 0.05) is 0 Å². The monoisotopic (exact) mass is 343 g/mol. The highest BCUT2D eigenvalue weighted by molar-refractivity contribution is 9.10. The van der Waals surface area contributed by atoms with Crippen molar-refractivity contribution < 1.29 is 23.4 Å². The molecule has 0 aliphatic carbocycles. The molecule has 8 heteroatoms. The van der Waals surface area contributed by atoms with E-state index >= 15 is 0 Å². The van der Waals surface area contributed by atoms with E-state index in [1.807, 2.05) is 0 Å². The molecule has 2 rings (SSSR count). The second kappa shape index (κ2) is 5.27. The number of cyclic esters (lactones) is 1. The molecule has 0 spiro atoms. The summed E-state index contributed by atoms with van der Waals surface area (Å²) in [6.45, 7) is -0.956. The summed E-state index contributed by atoms with van der Waals surface area (Å²) < 4.78 is 31.6. The summed E-state index contributed by atoms with van der Waals surface area (Å²) in [5.41, 5.74) is 0.191. The fraction of sp³-hybridized carbons (Fsp3) is 0.300. The fourth-order valence-corrected chi connectivity index (χ4v) is 1.94. The molecule has 0 saturated carbocycles. The molecule has 0 radical (unpaired) electrons. The average molecular weight is 345 g/mol. The summed E-state index contributed by atoms with van der Waals surface area (Å²) in [5, 5.41) is 11.3. The van der Waals surface area contributed by atoms with Gasteiger partial charge in [-0.3, -0.25) is 0 Å². The largest absolute Gasteiger partial charge is 0.507 e. The number of nitrogens with one attached hydrogen (secondary N) is 1. The molecule has 0 unspecified atom stereocenters. The van der Waals surface area contributed by atoms with E-state index in [-0.39, 0.29) is 28.2 Å². The second-order valence-electron chi connectivity index (χ2n) is 3.63. The Kier molecular flexibility index (Phi) is 4.39. The Morgan fingerprint density at radius 2 is 2.17 bits per heavy atom. The summed E-state index contributed by atoms with van der Waals surface area (Å²) >= 11 is 3.03. The predicted molar refractivity (Wildman–Crippen MR) is 65.2 cm³/mol. The van der Waals surface area contributed by atoms with Gasteiger partial charge in [-0.2, -0.15) is 0 Å². The summed E-state index contributed by atoms with van der Waals surface area (Å²) in [6, 6.07) is 2.47. The van der Waals surface area contributed by atoms with Crippen molar-refractivity contribution in [3.63, 3.8) is 0 Å². The van der Waals surface area contributed by atoms with Crippen molar-refractivity contribution in [2.45, 2.75) is 12.0 Å². The lowest BCUT2D eigenvalue weighted by molar-refractivity contribution is -0.104. The smallest absolute Gasteiger partial charge is 0.408 e. The molecule has 0 aromatic heterocycles. The Hall–Kier alpha value is -1.08. The lowest BCUT2D eigenvalue weighted by Crippen LogP contribution is -2.49. The molecule has 2 N–H and O–H groups in total. The Labute approximate surface area is 116 Å². The first-order valence-corrected chi connectivity index (χ1v) is 5.49. The van der Waals surface area contributed by atoms with Crippen LogP contribution in [0.2, 0.25) is 0 Å². The molecular weight excluding hydrogens is 335 g/mol. The molecule has 1 atom stereocenters. The van der Waals surface area contributed by atoms with Gasteiger partial charge in [0.25, 0.3) is 0 Å². The maximum absolute atomic E-state index is 13.5. The summed E-state index contributed by atoms with van der Waals surface area (Å²) in [4.78, 5) is 11.0. The van der Waals surface area contributed by atoms with Crippen LogP contribution in [0.1, 0.15) is 11.6 Å². The molecule has 1 saturated heterocycles. The van der Waals surface area contributed by atoms with Crippen LogP contribution in [-0.2, 0) is 4.74 Å². The topological polar surface area (TPSA) is 58.6 Å². The third-order valence-corrected chi connectivity index (χ3v) is 3.02. The number of amides is 1. The lowest BCUT2D eigenvalue weighted by atomic mass is 10.00. The standard InChI is InChI=1S/C10H8BrF2NO3.ClH/c11-6-3-5(1-2-7(6)15)8-10(12,13)4-17-9(16)14-8;/h1-3,8,15H,4H2,(H,14,16);1H/t8-;/m0./s1. The van der Waals surface area contributed by atoms with Crippen molar-refractivity contribution in [1.29, 1.82) is 0 Å². The molecular formula is C10H9BrClF2NO3. The summed E-state index contributed by atoms with van der Waals surface area (Å²) in [7, 11) is 0. The van der Waals surface area contributed by atoms with E-state index in [4.69, 9.17) is 0 Å². The number of aromatic hydroxyl groups is 1. The molecule has 1 aromatic rings. The van der Waals surface area contributed by atoms with Crippen LogP contribution in [0.4, 0.5) is 13.6 Å². The predicted octanol–water partition coefficient (Wildman–Crippen LogP) is 2.99. The van der Waals surface area contributed by atoms with E-state index < -0.39 is 24.7 Å². The van der Waals surface area contributed by atoms with Crippen LogP contribution < -0.4 is 5.32 Å². The zero-order valence-corrected chi connectivity index (χ0v) is 11.2. The minimum absolute atomic E-state index is 0. The molecule has 1 aromatic carbocycles.